The topological polar surface area (TPSA) is 56.2 Å². The molecule has 0 amide bonds. The smallest absolute Gasteiger partial charge is 0.418 e. The van der Waals surface area contributed by atoms with Gasteiger partial charge >= 0.3 is 6.18 Å². The number of ketones is 1. The molecule has 1 aliphatic rings. The number of Topliss-reactive ketones (excluding diaryl/α,β-unsaturated/α-hetero) is 1. The van der Waals surface area contributed by atoms with Crippen molar-refractivity contribution in [1.82, 2.24) is 15.1 Å². The minimum absolute atomic E-state index is 0.0438. The van der Waals surface area contributed by atoms with Gasteiger partial charge in [-0.1, -0.05) is 0 Å². The number of fused-ring (bicyclic) bond motifs is 1. The zero-order chi connectivity index (χ0) is 19.1. The van der Waals surface area contributed by atoms with Gasteiger partial charge in [0.2, 0.25) is 0 Å². The largest absolute Gasteiger partial charge is 0.492 e. The van der Waals surface area contributed by atoms with E-state index in [1.165, 1.54) is 10.9 Å². The lowest BCUT2D eigenvalue weighted by Gasteiger charge is -2.27. The normalized spacial score (nSPS) is 21.6. The van der Waals surface area contributed by atoms with Crippen LogP contribution in [0.25, 0.3) is 10.9 Å². The van der Waals surface area contributed by atoms with Crippen molar-refractivity contribution < 1.29 is 22.7 Å². The molecular weight excluding hydrogens is 347 g/mol. The Bertz CT molecular complexity index is 814. The maximum Gasteiger partial charge on any atom is 0.418 e. The Morgan fingerprint density at radius 1 is 1.35 bits per heavy atom. The highest BCUT2D eigenvalue weighted by molar-refractivity contribution is 5.84. The Balaban J connectivity index is 1.89. The molecule has 3 rings (SSSR count). The second-order valence-corrected chi connectivity index (χ2v) is 7.11. The lowest BCUT2D eigenvalue weighted by molar-refractivity contribution is -0.136. The number of halogens is 3. The van der Waals surface area contributed by atoms with Crippen LogP contribution in [0.3, 0.4) is 0 Å². The number of carbonyl (C=O) groups is 1. The fraction of sp³-hybridized carbons (Fsp3) is 0.556. The Kier molecular flexibility index (Phi) is 4.96. The molecule has 0 spiro atoms. The van der Waals surface area contributed by atoms with E-state index in [9.17, 15) is 18.0 Å². The molecule has 0 radical (unpaired) electrons. The van der Waals surface area contributed by atoms with Gasteiger partial charge < -0.3 is 10.1 Å². The summed E-state index contributed by atoms with van der Waals surface area (Å²) >= 11 is 0. The van der Waals surface area contributed by atoms with Crippen molar-refractivity contribution >= 4 is 16.7 Å². The minimum atomic E-state index is -4.52. The number of benzene rings is 1. The lowest BCUT2D eigenvalue weighted by atomic mass is 9.99. The van der Waals surface area contributed by atoms with Crippen molar-refractivity contribution in [2.24, 2.45) is 0 Å². The number of aromatic nitrogens is 2. The van der Waals surface area contributed by atoms with Crippen LogP contribution in [0.4, 0.5) is 13.2 Å². The molecule has 0 saturated carbocycles. The molecular formula is C18H22F3N3O2. The van der Waals surface area contributed by atoms with Crippen LogP contribution in [0, 0.1) is 0 Å². The highest BCUT2D eigenvalue weighted by Crippen LogP contribution is 2.38. The van der Waals surface area contributed by atoms with Gasteiger partial charge in [0.15, 0.2) is 0 Å². The number of hydrogen-bond donors (Lipinski definition) is 1. The molecule has 1 aromatic heterocycles. The first-order chi connectivity index (χ1) is 12.1. The van der Waals surface area contributed by atoms with Crippen molar-refractivity contribution in [3.63, 3.8) is 0 Å². The molecule has 1 aromatic carbocycles. The lowest BCUT2D eigenvalue weighted by Crippen LogP contribution is -2.47. The quantitative estimate of drug-likeness (QED) is 0.892. The number of alkyl halides is 3. The summed E-state index contributed by atoms with van der Waals surface area (Å²) in [4.78, 5) is 11.7. The van der Waals surface area contributed by atoms with Crippen molar-refractivity contribution in [3.05, 3.63) is 23.9 Å². The number of nitrogens with zero attached hydrogens (tertiary/aromatic N) is 2. The van der Waals surface area contributed by atoms with Crippen LogP contribution in [0.5, 0.6) is 5.75 Å². The van der Waals surface area contributed by atoms with Crippen LogP contribution < -0.4 is 10.1 Å². The molecule has 0 bridgehead atoms. The maximum atomic E-state index is 13.6. The summed E-state index contributed by atoms with van der Waals surface area (Å²) in [6.07, 6.45) is -2.31. The van der Waals surface area contributed by atoms with E-state index in [2.05, 4.69) is 10.4 Å². The third-order valence-electron chi connectivity index (χ3n) is 4.44. The van der Waals surface area contributed by atoms with E-state index >= 15 is 0 Å². The van der Waals surface area contributed by atoms with E-state index in [1.54, 1.807) is 19.9 Å². The van der Waals surface area contributed by atoms with Crippen LogP contribution in [0.15, 0.2) is 18.3 Å². The molecule has 2 heterocycles. The fourth-order valence-corrected chi connectivity index (χ4v) is 3.38. The summed E-state index contributed by atoms with van der Waals surface area (Å²) < 4.78 is 47.7. The van der Waals surface area contributed by atoms with Crippen LogP contribution in [-0.4, -0.2) is 34.3 Å². The van der Waals surface area contributed by atoms with Crippen LogP contribution in [0.1, 0.15) is 45.2 Å². The molecule has 0 aliphatic carbocycles. The second kappa shape index (κ2) is 6.90. The highest BCUT2D eigenvalue weighted by atomic mass is 19.4. The number of rotatable bonds is 4. The fourth-order valence-electron chi connectivity index (χ4n) is 3.38. The van der Waals surface area contributed by atoms with Gasteiger partial charge in [-0.3, -0.25) is 9.48 Å². The Hall–Kier alpha value is -2.09. The summed E-state index contributed by atoms with van der Waals surface area (Å²) in [6.45, 7) is 5.60. The monoisotopic (exact) mass is 369 g/mol. The zero-order valence-electron chi connectivity index (χ0n) is 14.9. The molecule has 1 aliphatic heterocycles. The van der Waals surface area contributed by atoms with Gasteiger partial charge in [0.1, 0.15) is 18.1 Å². The van der Waals surface area contributed by atoms with Crippen molar-refractivity contribution in [3.8, 4) is 5.75 Å². The van der Waals surface area contributed by atoms with Crippen LogP contribution >= 0.6 is 0 Å². The van der Waals surface area contributed by atoms with E-state index in [0.29, 0.717) is 18.2 Å². The predicted octanol–water partition coefficient (Wildman–Crippen LogP) is 3.72. The molecule has 0 unspecified atom stereocenters. The standard InChI is InChI=1S/C18H22F3N3O2/c1-10(2)24-17-12(8-22-24)5-15(7-16(17)18(19,20)21)26-9-13-6-14(25)4-11(3)23-13/h5,7-8,10-11,13,23H,4,6,9H2,1-3H3/t11-,13-/m0/s1. The molecule has 1 N–H and O–H groups in total. The minimum Gasteiger partial charge on any atom is -0.492 e. The molecule has 142 valence electrons. The number of piperidine rings is 1. The first-order valence-electron chi connectivity index (χ1n) is 8.64. The molecule has 1 fully saturated rings. The van der Waals surface area contributed by atoms with Gasteiger partial charge in [0.05, 0.1) is 17.3 Å². The predicted molar refractivity (Wildman–Crippen MR) is 91.2 cm³/mol. The number of ether oxygens (including phenoxy) is 1. The van der Waals surface area contributed by atoms with Crippen LogP contribution in [-0.2, 0) is 11.0 Å². The maximum absolute atomic E-state index is 13.6. The summed E-state index contributed by atoms with van der Waals surface area (Å²) in [6, 6.07) is 2.22. The molecule has 2 aromatic rings. The Morgan fingerprint density at radius 2 is 2.08 bits per heavy atom. The van der Waals surface area contributed by atoms with E-state index in [0.717, 1.165) is 6.07 Å². The third kappa shape index (κ3) is 3.85. The second-order valence-electron chi connectivity index (χ2n) is 7.11. The molecule has 1 saturated heterocycles. The first-order valence-corrected chi connectivity index (χ1v) is 8.64. The van der Waals surface area contributed by atoms with Crippen LogP contribution in [0.2, 0.25) is 0 Å². The Labute approximate surface area is 149 Å². The van der Waals surface area contributed by atoms with Gasteiger partial charge in [-0.25, -0.2) is 0 Å². The molecule has 2 atom stereocenters. The van der Waals surface area contributed by atoms with Gasteiger partial charge in [-0.05, 0) is 32.9 Å². The zero-order valence-corrected chi connectivity index (χ0v) is 14.9. The molecule has 26 heavy (non-hydrogen) atoms. The number of hydrogen-bond acceptors (Lipinski definition) is 4. The SMILES string of the molecule is CC(C)n1ncc2cc(OC[C@@H]3CC(=O)C[C@H](C)N3)cc(C(F)(F)F)c21. The van der Waals surface area contributed by atoms with Crippen molar-refractivity contribution in [1.29, 1.82) is 0 Å². The van der Waals surface area contributed by atoms with E-state index in [-0.39, 0.29) is 41.8 Å². The van der Waals surface area contributed by atoms with Gasteiger partial charge in [-0.2, -0.15) is 18.3 Å². The summed E-state index contributed by atoms with van der Waals surface area (Å²) in [5, 5.41) is 7.70. The van der Waals surface area contributed by atoms with E-state index in [1.807, 2.05) is 6.92 Å². The van der Waals surface area contributed by atoms with Gasteiger partial charge in [0, 0.05) is 36.4 Å². The van der Waals surface area contributed by atoms with Crippen molar-refractivity contribution in [2.75, 3.05) is 6.61 Å². The average molecular weight is 369 g/mol. The third-order valence-corrected chi connectivity index (χ3v) is 4.44. The summed E-state index contributed by atoms with van der Waals surface area (Å²) in [5.41, 5.74) is -0.711. The van der Waals surface area contributed by atoms with Crippen molar-refractivity contribution in [2.45, 2.75) is 57.9 Å². The average Bonchev–Trinajstić information content (AvgIpc) is 2.94. The first kappa shape index (κ1) is 18.7. The summed E-state index contributed by atoms with van der Waals surface area (Å²) in [7, 11) is 0. The Morgan fingerprint density at radius 3 is 2.69 bits per heavy atom. The van der Waals surface area contributed by atoms with E-state index < -0.39 is 11.7 Å². The summed E-state index contributed by atoms with van der Waals surface area (Å²) in [5.74, 6) is 0.259. The number of carbonyl (C=O) groups excluding carboxylic acids is 1. The van der Waals surface area contributed by atoms with E-state index in [4.69, 9.17) is 4.74 Å². The highest BCUT2D eigenvalue weighted by Gasteiger charge is 2.35. The molecule has 8 heteroatoms. The molecule has 5 nitrogen and oxygen atoms in total. The number of nitrogens with one attached hydrogen (secondary N) is 1. The van der Waals surface area contributed by atoms with Gasteiger partial charge in [-0.15, -0.1) is 0 Å². The van der Waals surface area contributed by atoms with Gasteiger partial charge in [0.25, 0.3) is 0 Å².